The number of carbonyl (C=O) groups excluding carboxylic acids is 5. The molecule has 2 aromatic rings. The maximum atomic E-state index is 13.7. The van der Waals surface area contributed by atoms with Crippen LogP contribution in [-0.2, 0) is 44.6 Å². The molecule has 3 aliphatic carbocycles. The molecule has 16 heteroatoms. The smallest absolute Gasteiger partial charge is 0.422 e. The molecule has 0 aromatic heterocycles. The van der Waals surface area contributed by atoms with Crippen molar-refractivity contribution >= 4 is 35.8 Å². The molecule has 0 radical (unpaired) electrons. The van der Waals surface area contributed by atoms with Crippen molar-refractivity contribution in [2.45, 2.75) is 114 Å². The molecule has 59 heavy (non-hydrogen) atoms. The van der Waals surface area contributed by atoms with Gasteiger partial charge in [-0.25, -0.2) is 9.59 Å². The second-order valence-corrected chi connectivity index (χ2v) is 16.3. The van der Waals surface area contributed by atoms with Crippen molar-refractivity contribution in [3.8, 4) is 0 Å². The highest BCUT2D eigenvalue weighted by Crippen LogP contribution is 2.59. The quantitative estimate of drug-likeness (QED) is 0.111. The summed E-state index contributed by atoms with van der Waals surface area (Å²) in [6, 6.07) is 11.8. The van der Waals surface area contributed by atoms with Crippen molar-refractivity contribution in [3.63, 3.8) is 0 Å². The minimum atomic E-state index is -4.65. The van der Waals surface area contributed by atoms with Crippen molar-refractivity contribution < 1.29 is 65.9 Å². The van der Waals surface area contributed by atoms with E-state index in [4.69, 9.17) is 18.9 Å². The molecule has 1 aliphatic heterocycles. The SMILES string of the molecule is CC(C)(C)OC(=O)CC[C@@H](CO)NC(=O)c1cccc(CNC(=O)C2=C[C@H]3OC(C4CC4)(C4CC4)O[C@H]3[C@H](OC(=O)c3ccc(C=CC(=O)OCC(F)(F)F)cc3)C2)c1. The van der Waals surface area contributed by atoms with Crippen molar-refractivity contribution in [3.05, 3.63) is 88.5 Å². The Hall–Kier alpha value is -5.06. The molecular formula is C43H49F3N2O11. The number of esters is 3. The van der Waals surface area contributed by atoms with E-state index < -0.39 is 78.2 Å². The highest BCUT2D eigenvalue weighted by atomic mass is 19.4. The van der Waals surface area contributed by atoms with Crippen LogP contribution >= 0.6 is 0 Å². The number of hydrogen-bond donors (Lipinski definition) is 3. The highest BCUT2D eigenvalue weighted by molar-refractivity contribution is 5.95. The number of hydrogen-bond acceptors (Lipinski definition) is 11. The number of alkyl halides is 3. The van der Waals surface area contributed by atoms with Gasteiger partial charge < -0.3 is 39.4 Å². The Bertz CT molecular complexity index is 1940. The van der Waals surface area contributed by atoms with E-state index in [0.717, 1.165) is 31.8 Å². The Kier molecular flexibility index (Phi) is 13.3. The second kappa shape index (κ2) is 18.1. The fourth-order valence-corrected chi connectivity index (χ4v) is 7.15. The van der Waals surface area contributed by atoms with Crippen LogP contribution in [0.1, 0.15) is 97.6 Å². The molecule has 6 rings (SSSR count). The molecule has 4 aliphatic rings. The number of rotatable bonds is 16. The van der Waals surface area contributed by atoms with Crippen molar-refractivity contribution in [2.75, 3.05) is 13.2 Å². The number of halogens is 3. The molecule has 0 bridgehead atoms. The van der Waals surface area contributed by atoms with Gasteiger partial charge in [0.1, 0.15) is 23.9 Å². The zero-order valence-electron chi connectivity index (χ0n) is 33.0. The van der Waals surface area contributed by atoms with E-state index in [1.165, 1.54) is 30.3 Å². The zero-order valence-corrected chi connectivity index (χ0v) is 33.0. The normalized spacial score (nSPS) is 21.8. The van der Waals surface area contributed by atoms with Gasteiger partial charge in [0.2, 0.25) is 5.91 Å². The summed E-state index contributed by atoms with van der Waals surface area (Å²) in [5.74, 6) is -3.60. The molecule has 318 valence electrons. The third kappa shape index (κ3) is 12.0. The van der Waals surface area contributed by atoms with Gasteiger partial charge in [-0.1, -0.05) is 24.3 Å². The summed E-state index contributed by atoms with van der Waals surface area (Å²) >= 11 is 0. The van der Waals surface area contributed by atoms with Gasteiger partial charge >= 0.3 is 24.1 Å². The summed E-state index contributed by atoms with van der Waals surface area (Å²) in [5.41, 5.74) is 1.17. The van der Waals surface area contributed by atoms with Gasteiger partial charge in [-0.3, -0.25) is 14.4 Å². The molecular weight excluding hydrogens is 777 g/mol. The van der Waals surface area contributed by atoms with E-state index >= 15 is 0 Å². The topological polar surface area (TPSA) is 176 Å². The van der Waals surface area contributed by atoms with Crippen LogP contribution in [0.4, 0.5) is 13.2 Å². The Morgan fingerprint density at radius 1 is 0.949 bits per heavy atom. The first-order valence-corrected chi connectivity index (χ1v) is 19.7. The van der Waals surface area contributed by atoms with Gasteiger partial charge in [0.15, 0.2) is 12.4 Å². The zero-order chi connectivity index (χ0) is 42.5. The number of aliphatic hydroxyl groups is 1. The number of aliphatic hydroxyl groups excluding tert-OH is 1. The molecule has 1 heterocycles. The van der Waals surface area contributed by atoms with Crippen LogP contribution in [-0.4, -0.2) is 90.0 Å². The van der Waals surface area contributed by atoms with Crippen LogP contribution in [0.3, 0.4) is 0 Å². The van der Waals surface area contributed by atoms with E-state index in [1.54, 1.807) is 51.1 Å². The molecule has 0 spiro atoms. The van der Waals surface area contributed by atoms with Crippen molar-refractivity contribution in [1.82, 2.24) is 10.6 Å². The first-order valence-electron chi connectivity index (χ1n) is 19.7. The Morgan fingerprint density at radius 3 is 2.27 bits per heavy atom. The number of nitrogens with one attached hydrogen (secondary N) is 2. The van der Waals surface area contributed by atoms with Crippen LogP contribution in [0.25, 0.3) is 6.08 Å². The van der Waals surface area contributed by atoms with Gasteiger partial charge in [-0.2, -0.15) is 13.2 Å². The van der Waals surface area contributed by atoms with Gasteiger partial charge in [-0.05, 0) is 100 Å². The lowest BCUT2D eigenvalue weighted by Gasteiger charge is -2.31. The molecule has 4 atom stereocenters. The van der Waals surface area contributed by atoms with E-state index in [0.29, 0.717) is 22.3 Å². The van der Waals surface area contributed by atoms with E-state index in [-0.39, 0.29) is 49.8 Å². The summed E-state index contributed by atoms with van der Waals surface area (Å²) in [6.07, 6.45) is 0.989. The predicted molar refractivity (Wildman–Crippen MR) is 204 cm³/mol. The van der Waals surface area contributed by atoms with E-state index in [9.17, 15) is 42.3 Å². The summed E-state index contributed by atoms with van der Waals surface area (Å²) in [4.78, 5) is 64.1. The molecule has 2 aromatic carbocycles. The number of fused-ring (bicyclic) bond motifs is 1. The average molecular weight is 827 g/mol. The summed E-state index contributed by atoms with van der Waals surface area (Å²) in [5, 5.41) is 15.5. The summed E-state index contributed by atoms with van der Waals surface area (Å²) < 4.78 is 65.8. The Morgan fingerprint density at radius 2 is 1.64 bits per heavy atom. The molecule has 3 fully saturated rings. The first-order chi connectivity index (χ1) is 27.9. The van der Waals surface area contributed by atoms with Gasteiger partial charge in [0, 0.05) is 48.4 Å². The summed E-state index contributed by atoms with van der Waals surface area (Å²) in [7, 11) is 0. The van der Waals surface area contributed by atoms with Crippen LogP contribution in [0.5, 0.6) is 0 Å². The highest BCUT2D eigenvalue weighted by Gasteiger charge is 2.64. The number of carbonyl (C=O) groups is 5. The van der Waals surface area contributed by atoms with Crippen molar-refractivity contribution in [1.29, 1.82) is 0 Å². The maximum absolute atomic E-state index is 13.7. The minimum Gasteiger partial charge on any atom is -0.460 e. The number of ether oxygens (including phenoxy) is 5. The fraction of sp³-hybridized carbons (Fsp3) is 0.512. The number of amides is 2. The van der Waals surface area contributed by atoms with Crippen LogP contribution in [0.2, 0.25) is 0 Å². The van der Waals surface area contributed by atoms with Crippen LogP contribution in [0.15, 0.2) is 66.3 Å². The molecule has 3 N–H and O–H groups in total. The second-order valence-electron chi connectivity index (χ2n) is 16.3. The fourth-order valence-electron chi connectivity index (χ4n) is 7.15. The van der Waals surface area contributed by atoms with E-state index in [2.05, 4.69) is 15.4 Å². The molecule has 0 unspecified atom stereocenters. The molecule has 13 nitrogen and oxygen atoms in total. The van der Waals surface area contributed by atoms with Gasteiger partial charge in [-0.15, -0.1) is 0 Å². The predicted octanol–water partition coefficient (Wildman–Crippen LogP) is 5.49. The molecule has 2 amide bonds. The molecule has 1 saturated heterocycles. The lowest BCUT2D eigenvalue weighted by Crippen LogP contribution is -2.44. The maximum Gasteiger partial charge on any atom is 0.422 e. The lowest BCUT2D eigenvalue weighted by atomic mass is 9.91. The molecule has 2 saturated carbocycles. The van der Waals surface area contributed by atoms with Gasteiger partial charge in [0.05, 0.1) is 18.2 Å². The largest absolute Gasteiger partial charge is 0.460 e. The Balaban J connectivity index is 1.08. The van der Waals surface area contributed by atoms with Crippen LogP contribution in [0, 0.1) is 11.8 Å². The first kappa shape index (κ1) is 43.5. The lowest BCUT2D eigenvalue weighted by molar-refractivity contribution is -0.209. The third-order valence-corrected chi connectivity index (χ3v) is 10.2. The van der Waals surface area contributed by atoms with Crippen molar-refractivity contribution in [2.24, 2.45) is 11.8 Å². The summed E-state index contributed by atoms with van der Waals surface area (Å²) in [6.45, 7) is 3.24. The minimum absolute atomic E-state index is 0.0125. The standard InChI is InChI=1S/C43H49F3N2O11/c1-41(2,3)58-36(51)18-16-32(23-49)48-39(53)28-6-4-5-26(19-28)22-47-38(52)29-20-33(37-34(21-29)57-43(59-37,30-12-13-30)31-14-15-31)56-40(54)27-10-7-25(8-11-27)9-17-35(50)55-24-42(44,45)46/h4-11,17,19,21,30-34,37,49H,12-16,18,20,22-24H2,1-3H3,(H,47,52)(H,48,53)/t32-,33+,34+,37-/m0/s1. The third-order valence-electron chi connectivity index (χ3n) is 10.2. The van der Waals surface area contributed by atoms with E-state index in [1.807, 2.05) is 0 Å². The average Bonchev–Trinajstić information content (AvgIpc) is 4.14. The monoisotopic (exact) mass is 826 g/mol. The van der Waals surface area contributed by atoms with Crippen LogP contribution < -0.4 is 10.6 Å². The van der Waals surface area contributed by atoms with Gasteiger partial charge in [0.25, 0.3) is 5.91 Å². The Labute approximate surface area is 339 Å². The number of benzene rings is 2.